The SMILES string of the molecule is CNc1cc(C(=O)Nc2cnc(Br)cn2)c([N+](=O)[O-])cn1. The quantitative estimate of drug-likeness (QED) is 0.635. The number of hydrogen-bond donors (Lipinski definition) is 2. The van der Waals surface area contributed by atoms with Gasteiger partial charge in [0.25, 0.3) is 11.6 Å². The van der Waals surface area contributed by atoms with Gasteiger partial charge < -0.3 is 10.6 Å². The summed E-state index contributed by atoms with van der Waals surface area (Å²) in [6.45, 7) is 0. The average molecular weight is 353 g/mol. The Hall–Kier alpha value is -2.62. The highest BCUT2D eigenvalue weighted by molar-refractivity contribution is 9.10. The number of halogens is 1. The van der Waals surface area contributed by atoms with Crippen LogP contribution in [-0.4, -0.2) is 32.8 Å². The van der Waals surface area contributed by atoms with Gasteiger partial charge >= 0.3 is 0 Å². The number of aromatic nitrogens is 3. The first-order chi connectivity index (χ1) is 10.0. The third-order valence-corrected chi connectivity index (χ3v) is 2.85. The third kappa shape index (κ3) is 3.48. The Morgan fingerprint density at radius 2 is 1.95 bits per heavy atom. The Morgan fingerprint density at radius 1 is 1.24 bits per heavy atom. The fourth-order valence-corrected chi connectivity index (χ4v) is 1.68. The van der Waals surface area contributed by atoms with E-state index in [1.54, 1.807) is 7.05 Å². The molecular formula is C11H9BrN6O3. The second-order valence-electron chi connectivity index (χ2n) is 3.77. The number of carbonyl (C=O) groups is 1. The molecule has 2 aromatic rings. The molecule has 21 heavy (non-hydrogen) atoms. The van der Waals surface area contributed by atoms with Crippen LogP contribution < -0.4 is 10.6 Å². The molecule has 0 bridgehead atoms. The maximum absolute atomic E-state index is 12.1. The summed E-state index contributed by atoms with van der Waals surface area (Å²) in [5, 5.41) is 16.1. The monoisotopic (exact) mass is 352 g/mol. The second-order valence-corrected chi connectivity index (χ2v) is 4.58. The van der Waals surface area contributed by atoms with Crippen LogP contribution in [0.25, 0.3) is 0 Å². The van der Waals surface area contributed by atoms with E-state index < -0.39 is 16.5 Å². The van der Waals surface area contributed by atoms with Crippen LogP contribution in [0, 0.1) is 10.1 Å². The number of nitrogens with one attached hydrogen (secondary N) is 2. The Labute approximate surface area is 127 Å². The molecule has 0 atom stereocenters. The lowest BCUT2D eigenvalue weighted by atomic mass is 10.2. The molecule has 0 unspecified atom stereocenters. The van der Waals surface area contributed by atoms with Gasteiger partial charge in [0.2, 0.25) is 0 Å². The minimum Gasteiger partial charge on any atom is -0.373 e. The molecule has 0 aromatic carbocycles. The zero-order valence-corrected chi connectivity index (χ0v) is 12.3. The van der Waals surface area contributed by atoms with Gasteiger partial charge in [-0.2, -0.15) is 0 Å². The molecule has 0 radical (unpaired) electrons. The van der Waals surface area contributed by atoms with Crippen molar-refractivity contribution in [2.24, 2.45) is 0 Å². The van der Waals surface area contributed by atoms with Crippen LogP contribution in [0.5, 0.6) is 0 Å². The molecular weight excluding hydrogens is 344 g/mol. The van der Waals surface area contributed by atoms with Gasteiger partial charge in [-0.1, -0.05) is 0 Å². The van der Waals surface area contributed by atoms with Crippen LogP contribution in [-0.2, 0) is 0 Å². The number of rotatable bonds is 4. The number of nitrogens with zero attached hydrogens (tertiary/aromatic N) is 4. The smallest absolute Gasteiger partial charge is 0.300 e. The summed E-state index contributed by atoms with van der Waals surface area (Å²) in [6, 6.07) is 1.29. The first kappa shape index (κ1) is 14.8. The van der Waals surface area contributed by atoms with Crippen molar-refractivity contribution in [1.82, 2.24) is 15.0 Å². The molecule has 0 aliphatic heterocycles. The van der Waals surface area contributed by atoms with Gasteiger partial charge in [-0.05, 0) is 15.9 Å². The zero-order chi connectivity index (χ0) is 15.4. The van der Waals surface area contributed by atoms with Gasteiger partial charge in [0, 0.05) is 13.1 Å². The van der Waals surface area contributed by atoms with E-state index in [1.165, 1.54) is 18.5 Å². The number of amides is 1. The largest absolute Gasteiger partial charge is 0.373 e. The number of pyridine rings is 1. The highest BCUT2D eigenvalue weighted by atomic mass is 79.9. The first-order valence-electron chi connectivity index (χ1n) is 5.62. The maximum atomic E-state index is 12.1. The lowest BCUT2D eigenvalue weighted by Crippen LogP contribution is -2.15. The normalized spacial score (nSPS) is 10.0. The van der Waals surface area contributed by atoms with Crippen LogP contribution >= 0.6 is 15.9 Å². The predicted octanol–water partition coefficient (Wildman–Crippen LogP) is 1.84. The van der Waals surface area contributed by atoms with E-state index in [2.05, 4.69) is 41.5 Å². The fourth-order valence-electron chi connectivity index (χ4n) is 1.47. The van der Waals surface area contributed by atoms with Crippen molar-refractivity contribution in [2.75, 3.05) is 17.7 Å². The average Bonchev–Trinajstić information content (AvgIpc) is 2.48. The van der Waals surface area contributed by atoms with Crippen molar-refractivity contribution in [2.45, 2.75) is 0 Å². The molecule has 0 aliphatic rings. The Morgan fingerprint density at radius 3 is 2.52 bits per heavy atom. The topological polar surface area (TPSA) is 123 Å². The van der Waals surface area contributed by atoms with E-state index in [4.69, 9.17) is 0 Å². The lowest BCUT2D eigenvalue weighted by Gasteiger charge is -2.06. The molecule has 108 valence electrons. The van der Waals surface area contributed by atoms with Crippen molar-refractivity contribution in [3.8, 4) is 0 Å². The number of anilines is 2. The minimum atomic E-state index is -0.672. The summed E-state index contributed by atoms with van der Waals surface area (Å²) in [6.07, 6.45) is 3.75. The molecule has 2 aromatic heterocycles. The highest BCUT2D eigenvalue weighted by Gasteiger charge is 2.22. The summed E-state index contributed by atoms with van der Waals surface area (Å²) in [5.41, 5.74) is -0.513. The Bertz CT molecular complexity index is 691. The molecule has 0 fully saturated rings. The standard InChI is InChI=1S/C11H9BrN6O3/c1-13-9-2-6(7(3-15-9)18(20)21)11(19)17-10-5-14-8(12)4-16-10/h2-5H,1H3,(H,13,15)(H,16,17,19). The van der Waals surface area contributed by atoms with E-state index in [9.17, 15) is 14.9 Å². The Kier molecular flexibility index (Phi) is 4.38. The molecule has 0 saturated heterocycles. The molecule has 2 N–H and O–H groups in total. The van der Waals surface area contributed by atoms with Gasteiger partial charge in [-0.15, -0.1) is 0 Å². The maximum Gasteiger partial charge on any atom is 0.300 e. The fraction of sp³-hybridized carbons (Fsp3) is 0.0909. The van der Waals surface area contributed by atoms with Crippen LogP contribution in [0.1, 0.15) is 10.4 Å². The summed E-state index contributed by atoms with van der Waals surface area (Å²) in [4.78, 5) is 34.1. The predicted molar refractivity (Wildman–Crippen MR) is 78.1 cm³/mol. The van der Waals surface area contributed by atoms with Crippen molar-refractivity contribution in [3.63, 3.8) is 0 Å². The van der Waals surface area contributed by atoms with Gasteiger partial charge in [-0.3, -0.25) is 14.9 Å². The molecule has 0 aliphatic carbocycles. The lowest BCUT2D eigenvalue weighted by molar-refractivity contribution is -0.385. The number of nitro groups is 1. The molecule has 1 amide bonds. The van der Waals surface area contributed by atoms with E-state index in [-0.39, 0.29) is 11.4 Å². The number of hydrogen-bond acceptors (Lipinski definition) is 7. The van der Waals surface area contributed by atoms with Crippen LogP contribution in [0.15, 0.2) is 29.3 Å². The highest BCUT2D eigenvalue weighted by Crippen LogP contribution is 2.21. The van der Waals surface area contributed by atoms with Gasteiger partial charge in [0.15, 0.2) is 5.82 Å². The summed E-state index contributed by atoms with van der Waals surface area (Å²) in [7, 11) is 1.59. The van der Waals surface area contributed by atoms with Gasteiger partial charge in [0.05, 0.1) is 17.3 Å². The molecule has 2 rings (SSSR count). The van der Waals surface area contributed by atoms with E-state index >= 15 is 0 Å². The first-order valence-corrected chi connectivity index (χ1v) is 6.41. The van der Waals surface area contributed by atoms with Crippen molar-refractivity contribution in [3.05, 3.63) is 44.9 Å². The zero-order valence-electron chi connectivity index (χ0n) is 10.7. The Balaban J connectivity index is 2.33. The summed E-state index contributed by atoms with van der Waals surface area (Å²) < 4.78 is 0.507. The molecule has 0 spiro atoms. The van der Waals surface area contributed by atoms with E-state index in [0.717, 1.165) is 6.20 Å². The number of carbonyl (C=O) groups excluding carboxylic acids is 1. The van der Waals surface area contributed by atoms with E-state index in [1.807, 2.05) is 0 Å². The molecule has 0 saturated carbocycles. The third-order valence-electron chi connectivity index (χ3n) is 2.44. The molecule has 2 heterocycles. The van der Waals surface area contributed by atoms with Crippen LogP contribution in [0.4, 0.5) is 17.3 Å². The summed E-state index contributed by atoms with van der Waals surface area (Å²) in [5.74, 6) is -0.148. The van der Waals surface area contributed by atoms with Crippen molar-refractivity contribution >= 4 is 39.2 Å². The van der Waals surface area contributed by atoms with Crippen molar-refractivity contribution in [1.29, 1.82) is 0 Å². The molecule has 10 heteroatoms. The van der Waals surface area contributed by atoms with Crippen LogP contribution in [0.2, 0.25) is 0 Å². The molecule has 9 nitrogen and oxygen atoms in total. The van der Waals surface area contributed by atoms with Crippen molar-refractivity contribution < 1.29 is 9.72 Å². The van der Waals surface area contributed by atoms with Gasteiger partial charge in [0.1, 0.15) is 22.2 Å². The minimum absolute atomic E-state index is 0.121. The van der Waals surface area contributed by atoms with Crippen LogP contribution in [0.3, 0.4) is 0 Å². The van der Waals surface area contributed by atoms with E-state index in [0.29, 0.717) is 10.4 Å². The second kappa shape index (κ2) is 6.22. The summed E-state index contributed by atoms with van der Waals surface area (Å²) >= 11 is 3.11. The van der Waals surface area contributed by atoms with Gasteiger partial charge in [-0.25, -0.2) is 15.0 Å².